The van der Waals surface area contributed by atoms with Crippen LogP contribution in [0.3, 0.4) is 0 Å². The minimum Gasteiger partial charge on any atom is -0.496 e. The van der Waals surface area contributed by atoms with Crippen molar-refractivity contribution in [3.8, 4) is 5.75 Å². The van der Waals surface area contributed by atoms with E-state index in [9.17, 15) is 17.6 Å². The molecule has 21 heavy (non-hydrogen) atoms. The Labute approximate surface area is 120 Å². The van der Waals surface area contributed by atoms with Crippen LogP contribution in [0.5, 0.6) is 5.75 Å². The van der Waals surface area contributed by atoms with Crippen LogP contribution in [0, 0.1) is 0 Å². The number of nitrogens with zero attached hydrogens (tertiary/aromatic N) is 1. The molecule has 1 N–H and O–H groups in total. The smallest absolute Gasteiger partial charge is 0.416 e. The van der Waals surface area contributed by atoms with Crippen molar-refractivity contribution in [3.63, 3.8) is 0 Å². The topological polar surface area (TPSA) is 24.5 Å². The average Bonchev–Trinajstić information content (AvgIpc) is 2.48. The SMILES string of the molecule is COc1cc(C(F)(F)F)ccc1[C@H](CF)N1CCNCC1. The predicted octanol–water partition coefficient (Wildman–Crippen LogP) is 2.63. The second-order valence-electron chi connectivity index (χ2n) is 4.91. The fraction of sp³-hybridized carbons (Fsp3) is 0.571. The van der Waals surface area contributed by atoms with Gasteiger partial charge < -0.3 is 10.1 Å². The van der Waals surface area contributed by atoms with Gasteiger partial charge in [0.25, 0.3) is 0 Å². The number of ether oxygens (including phenoxy) is 1. The molecule has 1 heterocycles. The number of rotatable bonds is 4. The van der Waals surface area contributed by atoms with E-state index in [1.165, 1.54) is 13.2 Å². The molecule has 1 aliphatic rings. The minimum atomic E-state index is -4.44. The number of hydrogen-bond donors (Lipinski definition) is 1. The summed E-state index contributed by atoms with van der Waals surface area (Å²) in [5, 5.41) is 3.16. The molecule has 7 heteroatoms. The molecule has 0 bridgehead atoms. The van der Waals surface area contributed by atoms with Gasteiger partial charge in [0.05, 0.1) is 18.7 Å². The molecule has 0 aliphatic carbocycles. The Bertz CT molecular complexity index is 473. The van der Waals surface area contributed by atoms with Gasteiger partial charge in [-0.3, -0.25) is 4.90 Å². The first kappa shape index (κ1) is 16.0. The second-order valence-corrected chi connectivity index (χ2v) is 4.91. The Morgan fingerprint density at radius 2 is 1.95 bits per heavy atom. The predicted molar refractivity (Wildman–Crippen MR) is 71.2 cm³/mol. The molecule has 0 saturated carbocycles. The van der Waals surface area contributed by atoms with Crippen LogP contribution in [0.4, 0.5) is 17.6 Å². The Hall–Kier alpha value is -1.34. The molecule has 118 valence electrons. The summed E-state index contributed by atoms with van der Waals surface area (Å²) in [6.45, 7) is 2.11. The number of nitrogens with one attached hydrogen (secondary N) is 1. The van der Waals surface area contributed by atoms with Gasteiger partial charge in [-0.25, -0.2) is 4.39 Å². The summed E-state index contributed by atoms with van der Waals surface area (Å²) in [5.41, 5.74) is -0.337. The second kappa shape index (κ2) is 6.62. The summed E-state index contributed by atoms with van der Waals surface area (Å²) in [6.07, 6.45) is -4.44. The van der Waals surface area contributed by atoms with Gasteiger partial charge in [-0.2, -0.15) is 13.2 Å². The van der Waals surface area contributed by atoms with Gasteiger partial charge in [-0.05, 0) is 12.1 Å². The summed E-state index contributed by atoms with van der Waals surface area (Å²) >= 11 is 0. The van der Waals surface area contributed by atoms with Crippen LogP contribution < -0.4 is 10.1 Å². The molecule has 0 spiro atoms. The zero-order valence-electron chi connectivity index (χ0n) is 11.7. The van der Waals surface area contributed by atoms with Crippen LogP contribution in [0.2, 0.25) is 0 Å². The summed E-state index contributed by atoms with van der Waals surface area (Å²) in [6, 6.07) is 2.64. The molecular formula is C14H18F4N2O. The lowest BCUT2D eigenvalue weighted by molar-refractivity contribution is -0.137. The normalized spacial score (nSPS) is 18.5. The molecule has 1 aliphatic heterocycles. The maximum absolute atomic E-state index is 13.4. The number of alkyl halides is 4. The van der Waals surface area contributed by atoms with Crippen LogP contribution in [-0.2, 0) is 6.18 Å². The van der Waals surface area contributed by atoms with Crippen LogP contribution in [0.25, 0.3) is 0 Å². The molecule has 1 aromatic carbocycles. The van der Waals surface area contributed by atoms with Crippen molar-refractivity contribution in [2.75, 3.05) is 40.0 Å². The molecule has 0 amide bonds. The highest BCUT2D eigenvalue weighted by Crippen LogP contribution is 2.36. The van der Waals surface area contributed by atoms with E-state index < -0.39 is 24.5 Å². The maximum Gasteiger partial charge on any atom is 0.416 e. The summed E-state index contributed by atoms with van der Waals surface area (Å²) < 4.78 is 56.7. The molecule has 0 aromatic heterocycles. The number of methoxy groups -OCH3 is 1. The van der Waals surface area contributed by atoms with Crippen molar-refractivity contribution >= 4 is 0 Å². The van der Waals surface area contributed by atoms with E-state index in [0.29, 0.717) is 18.7 Å². The van der Waals surface area contributed by atoms with Crippen molar-refractivity contribution < 1.29 is 22.3 Å². The van der Waals surface area contributed by atoms with E-state index in [4.69, 9.17) is 4.74 Å². The van der Waals surface area contributed by atoms with Crippen molar-refractivity contribution in [3.05, 3.63) is 29.3 Å². The quantitative estimate of drug-likeness (QED) is 0.866. The first-order valence-electron chi connectivity index (χ1n) is 6.73. The first-order valence-corrected chi connectivity index (χ1v) is 6.73. The fourth-order valence-electron chi connectivity index (χ4n) is 2.53. The van der Waals surface area contributed by atoms with Crippen molar-refractivity contribution in [2.45, 2.75) is 12.2 Å². The molecule has 1 aromatic rings. The molecule has 0 radical (unpaired) electrons. The summed E-state index contributed by atoms with van der Waals surface area (Å²) in [5.74, 6) is 0.0750. The van der Waals surface area contributed by atoms with Crippen molar-refractivity contribution in [2.24, 2.45) is 0 Å². The lowest BCUT2D eigenvalue weighted by Crippen LogP contribution is -2.45. The van der Waals surface area contributed by atoms with Gasteiger partial charge in [-0.1, -0.05) is 6.07 Å². The number of benzene rings is 1. The van der Waals surface area contributed by atoms with E-state index >= 15 is 0 Å². The maximum atomic E-state index is 13.4. The largest absolute Gasteiger partial charge is 0.496 e. The number of hydrogen-bond acceptors (Lipinski definition) is 3. The van der Waals surface area contributed by atoms with Gasteiger partial charge in [0.15, 0.2) is 0 Å². The third kappa shape index (κ3) is 3.65. The van der Waals surface area contributed by atoms with Crippen LogP contribution >= 0.6 is 0 Å². The number of piperazine rings is 1. The average molecular weight is 306 g/mol. The van der Waals surface area contributed by atoms with Crippen LogP contribution in [0.15, 0.2) is 18.2 Å². The monoisotopic (exact) mass is 306 g/mol. The van der Waals surface area contributed by atoms with E-state index in [0.717, 1.165) is 25.2 Å². The minimum absolute atomic E-state index is 0.0750. The van der Waals surface area contributed by atoms with E-state index in [1.807, 2.05) is 4.90 Å². The molecule has 2 rings (SSSR count). The number of halogens is 4. The summed E-state index contributed by atoms with van der Waals surface area (Å²) in [7, 11) is 1.30. The highest BCUT2D eigenvalue weighted by atomic mass is 19.4. The van der Waals surface area contributed by atoms with Crippen LogP contribution in [0.1, 0.15) is 17.2 Å². The third-order valence-corrected chi connectivity index (χ3v) is 3.66. The zero-order valence-corrected chi connectivity index (χ0v) is 11.7. The Morgan fingerprint density at radius 1 is 1.29 bits per heavy atom. The molecule has 1 atom stereocenters. The van der Waals surface area contributed by atoms with Crippen LogP contribution in [-0.4, -0.2) is 44.9 Å². The van der Waals surface area contributed by atoms with Gasteiger partial charge in [0.2, 0.25) is 0 Å². The zero-order chi connectivity index (χ0) is 15.5. The highest BCUT2D eigenvalue weighted by Gasteiger charge is 2.33. The third-order valence-electron chi connectivity index (χ3n) is 3.66. The molecule has 3 nitrogen and oxygen atoms in total. The van der Waals surface area contributed by atoms with E-state index in [-0.39, 0.29) is 5.75 Å². The highest BCUT2D eigenvalue weighted by molar-refractivity contribution is 5.41. The standard InChI is InChI=1S/C14H18F4N2O/c1-21-13-8-10(14(16,17)18)2-3-11(13)12(9-15)20-6-4-19-5-7-20/h2-3,8,12,19H,4-7,9H2,1H3/t12-/m0/s1. The van der Waals surface area contributed by atoms with Crippen molar-refractivity contribution in [1.29, 1.82) is 0 Å². The Kier molecular flexibility index (Phi) is 5.05. The van der Waals surface area contributed by atoms with Gasteiger partial charge in [0.1, 0.15) is 12.4 Å². The van der Waals surface area contributed by atoms with Gasteiger partial charge in [-0.15, -0.1) is 0 Å². The van der Waals surface area contributed by atoms with E-state index in [1.54, 1.807) is 0 Å². The fourth-order valence-corrected chi connectivity index (χ4v) is 2.53. The lowest BCUT2D eigenvalue weighted by Gasteiger charge is -2.34. The van der Waals surface area contributed by atoms with Gasteiger partial charge in [0, 0.05) is 31.7 Å². The Morgan fingerprint density at radius 3 is 2.48 bits per heavy atom. The lowest BCUT2D eigenvalue weighted by atomic mass is 10.0. The van der Waals surface area contributed by atoms with E-state index in [2.05, 4.69) is 5.32 Å². The molecule has 1 fully saturated rings. The Balaban J connectivity index is 2.32. The van der Waals surface area contributed by atoms with Gasteiger partial charge >= 0.3 is 6.18 Å². The summed E-state index contributed by atoms with van der Waals surface area (Å²) in [4.78, 5) is 1.92. The molecule has 1 saturated heterocycles. The molecule has 0 unspecified atom stereocenters. The van der Waals surface area contributed by atoms with Crippen molar-refractivity contribution in [1.82, 2.24) is 10.2 Å². The first-order chi connectivity index (χ1) is 9.97. The molecular weight excluding hydrogens is 288 g/mol.